The van der Waals surface area contributed by atoms with Gasteiger partial charge in [-0.3, -0.25) is 14.5 Å². The Kier molecular flexibility index (Phi) is 7.05. The molecule has 0 radical (unpaired) electrons. The molecule has 2 heterocycles. The van der Waals surface area contributed by atoms with Crippen LogP contribution in [0.2, 0.25) is 0 Å². The number of nitrogens with zero attached hydrogens (tertiary/aromatic N) is 1. The highest BCUT2D eigenvalue weighted by atomic mass is 16.6. The number of ether oxygens (including phenoxy) is 2. The highest BCUT2D eigenvalue weighted by molar-refractivity contribution is 6.02. The second kappa shape index (κ2) is 9.48. The van der Waals surface area contributed by atoms with Gasteiger partial charge in [0.15, 0.2) is 0 Å². The quantitative estimate of drug-likeness (QED) is 0.504. The predicted octanol–water partition coefficient (Wildman–Crippen LogP) is 2.97. The molecule has 2 aliphatic rings. The number of alkyl carbamates (subject to hydrolysis) is 1. The van der Waals surface area contributed by atoms with Gasteiger partial charge >= 0.3 is 12.1 Å². The molecule has 184 valence electrons. The van der Waals surface area contributed by atoms with Crippen LogP contribution in [0.25, 0.3) is 0 Å². The Labute approximate surface area is 199 Å². The Bertz CT molecular complexity index is 990. The number of fused-ring (bicyclic) bond motifs is 1. The molecule has 0 bridgehead atoms. The maximum atomic E-state index is 13.2. The lowest BCUT2D eigenvalue weighted by Gasteiger charge is -2.49. The van der Waals surface area contributed by atoms with Crippen molar-refractivity contribution >= 4 is 23.9 Å². The Hall–Kier alpha value is -3.36. The van der Waals surface area contributed by atoms with Crippen molar-refractivity contribution < 1.29 is 28.7 Å². The molecule has 2 aliphatic heterocycles. The Morgan fingerprint density at radius 2 is 1.62 bits per heavy atom. The van der Waals surface area contributed by atoms with E-state index in [0.29, 0.717) is 18.4 Å². The first kappa shape index (κ1) is 25.3. The summed E-state index contributed by atoms with van der Waals surface area (Å²) in [5, 5.41) is 5.36. The lowest BCUT2D eigenvalue weighted by Crippen LogP contribution is -2.72. The number of allylic oxidation sites excluding steroid dienone is 1. The molecule has 3 atom stereocenters. The molecule has 3 rings (SSSR count). The number of hydrogen-bond donors (Lipinski definition) is 2. The first-order valence-electron chi connectivity index (χ1n) is 11.4. The number of rotatable bonds is 5. The molecule has 9 nitrogen and oxygen atoms in total. The third-order valence-corrected chi connectivity index (χ3v) is 5.24. The predicted molar refractivity (Wildman–Crippen MR) is 124 cm³/mol. The summed E-state index contributed by atoms with van der Waals surface area (Å²) in [5.74, 6) is -1.49. The summed E-state index contributed by atoms with van der Waals surface area (Å²) in [5.41, 5.74) is -0.679. The minimum absolute atomic E-state index is 0.202. The van der Waals surface area contributed by atoms with Crippen molar-refractivity contribution in [1.29, 1.82) is 0 Å². The molecule has 2 N–H and O–H groups in total. The van der Waals surface area contributed by atoms with Gasteiger partial charge in [0, 0.05) is 0 Å². The lowest BCUT2D eigenvalue weighted by atomic mass is 9.86. The van der Waals surface area contributed by atoms with Gasteiger partial charge in [0.2, 0.25) is 5.91 Å². The first-order chi connectivity index (χ1) is 15.8. The average Bonchev–Trinajstić information content (AvgIpc) is 2.73. The van der Waals surface area contributed by atoms with Gasteiger partial charge < -0.3 is 20.1 Å². The number of nitrogens with one attached hydrogen (secondary N) is 2. The molecule has 3 amide bonds. The van der Waals surface area contributed by atoms with E-state index >= 15 is 0 Å². The van der Waals surface area contributed by atoms with E-state index in [1.807, 2.05) is 0 Å². The lowest BCUT2D eigenvalue weighted by molar-refractivity contribution is -0.162. The number of amides is 3. The van der Waals surface area contributed by atoms with Gasteiger partial charge in [-0.15, -0.1) is 0 Å². The first-order valence-corrected chi connectivity index (χ1v) is 11.4. The van der Waals surface area contributed by atoms with Crippen LogP contribution < -0.4 is 10.6 Å². The maximum absolute atomic E-state index is 13.2. The van der Waals surface area contributed by atoms with E-state index in [2.05, 4.69) is 10.6 Å². The highest BCUT2D eigenvalue weighted by Crippen LogP contribution is 2.34. The Morgan fingerprint density at radius 3 is 2.21 bits per heavy atom. The summed E-state index contributed by atoms with van der Waals surface area (Å²) >= 11 is 0. The van der Waals surface area contributed by atoms with Crippen molar-refractivity contribution in [3.63, 3.8) is 0 Å². The molecule has 34 heavy (non-hydrogen) atoms. The third kappa shape index (κ3) is 5.95. The van der Waals surface area contributed by atoms with Crippen molar-refractivity contribution in [2.75, 3.05) is 0 Å². The fourth-order valence-corrected chi connectivity index (χ4v) is 3.90. The van der Waals surface area contributed by atoms with Crippen molar-refractivity contribution in [2.45, 2.75) is 83.7 Å². The van der Waals surface area contributed by atoms with Crippen LogP contribution in [0.1, 0.15) is 66.0 Å². The summed E-state index contributed by atoms with van der Waals surface area (Å²) < 4.78 is 10.7. The SMILES string of the molecule is CC(C)(C)OC(=O)N[C@@H](C(=O)N[C@@H]1C(=O)N2C(C(=O)OC(C)(C)C)=CCC[C@@H]12)c1ccccc1. The van der Waals surface area contributed by atoms with Crippen LogP contribution in [0.15, 0.2) is 42.1 Å². The molecule has 1 aromatic carbocycles. The van der Waals surface area contributed by atoms with Gasteiger partial charge in [-0.25, -0.2) is 9.59 Å². The van der Waals surface area contributed by atoms with Crippen LogP contribution in [-0.4, -0.2) is 52.1 Å². The van der Waals surface area contributed by atoms with Crippen LogP contribution >= 0.6 is 0 Å². The maximum Gasteiger partial charge on any atom is 0.408 e. The zero-order chi connectivity index (χ0) is 25.3. The number of β-lactam (4-membered cyclic amide) rings is 1. The van der Waals surface area contributed by atoms with Gasteiger partial charge in [-0.1, -0.05) is 36.4 Å². The van der Waals surface area contributed by atoms with Crippen molar-refractivity contribution in [3.05, 3.63) is 47.7 Å². The fraction of sp³-hybridized carbons (Fsp3) is 0.520. The molecule has 1 fully saturated rings. The monoisotopic (exact) mass is 471 g/mol. The molecule has 0 unspecified atom stereocenters. The normalized spacial score (nSPS) is 20.8. The molecular weight excluding hydrogens is 438 g/mol. The van der Waals surface area contributed by atoms with Crippen LogP contribution in [-0.2, 0) is 23.9 Å². The van der Waals surface area contributed by atoms with Crippen molar-refractivity contribution in [2.24, 2.45) is 0 Å². The molecule has 0 aromatic heterocycles. The molecule has 0 aliphatic carbocycles. The van der Waals surface area contributed by atoms with E-state index < -0.39 is 41.3 Å². The molecule has 1 saturated heterocycles. The van der Waals surface area contributed by atoms with Gasteiger partial charge in [0.1, 0.15) is 29.0 Å². The molecule has 1 aromatic rings. The third-order valence-electron chi connectivity index (χ3n) is 5.24. The van der Waals surface area contributed by atoms with Crippen LogP contribution in [0.4, 0.5) is 4.79 Å². The molecular formula is C25H33N3O6. The summed E-state index contributed by atoms with van der Waals surface area (Å²) in [6.07, 6.45) is 2.12. The van der Waals surface area contributed by atoms with Gasteiger partial charge in [-0.05, 0) is 59.9 Å². The summed E-state index contributed by atoms with van der Waals surface area (Å²) in [6, 6.07) is 6.50. The smallest absolute Gasteiger partial charge is 0.408 e. The number of hydrogen-bond acceptors (Lipinski definition) is 6. The number of carbonyl (C=O) groups is 4. The van der Waals surface area contributed by atoms with Gasteiger partial charge in [0.25, 0.3) is 5.91 Å². The second-order valence-corrected chi connectivity index (χ2v) is 10.4. The van der Waals surface area contributed by atoms with E-state index in [1.165, 1.54) is 4.90 Å². The largest absolute Gasteiger partial charge is 0.455 e. The van der Waals surface area contributed by atoms with Crippen LogP contribution in [0.3, 0.4) is 0 Å². The number of benzene rings is 1. The minimum Gasteiger partial charge on any atom is -0.455 e. The van der Waals surface area contributed by atoms with Gasteiger partial charge in [-0.2, -0.15) is 0 Å². The summed E-state index contributed by atoms with van der Waals surface area (Å²) in [7, 11) is 0. The second-order valence-electron chi connectivity index (χ2n) is 10.4. The summed E-state index contributed by atoms with van der Waals surface area (Å²) in [6.45, 7) is 10.5. The van der Waals surface area contributed by atoms with E-state index in [4.69, 9.17) is 9.47 Å². The fourth-order valence-electron chi connectivity index (χ4n) is 3.90. The molecule has 0 spiro atoms. The van der Waals surface area contributed by atoms with Crippen molar-refractivity contribution in [1.82, 2.24) is 15.5 Å². The zero-order valence-electron chi connectivity index (χ0n) is 20.5. The average molecular weight is 472 g/mol. The topological polar surface area (TPSA) is 114 Å². The van der Waals surface area contributed by atoms with Gasteiger partial charge in [0.05, 0.1) is 6.04 Å². The van der Waals surface area contributed by atoms with E-state index in [-0.39, 0.29) is 17.6 Å². The molecule has 9 heteroatoms. The standard InChI is InChI=1S/C25H33N3O6/c1-24(2,3)33-22(31)17-14-10-13-16-19(21(30)28(16)17)26-20(29)18(15-11-8-7-9-12-15)27-23(32)34-25(4,5)6/h7-9,11-12,14,16,18-19H,10,13H2,1-6H3,(H,26,29)(H,27,32)/t16-,18+,19-/m0/s1. The Morgan fingerprint density at radius 1 is 1.00 bits per heavy atom. The number of carbonyl (C=O) groups excluding carboxylic acids is 4. The van der Waals surface area contributed by atoms with Crippen molar-refractivity contribution in [3.8, 4) is 0 Å². The molecule has 0 saturated carbocycles. The van der Waals surface area contributed by atoms with E-state index in [9.17, 15) is 19.2 Å². The number of esters is 1. The highest BCUT2D eigenvalue weighted by Gasteiger charge is 2.52. The van der Waals surface area contributed by atoms with Crippen LogP contribution in [0, 0.1) is 0 Å². The minimum atomic E-state index is -1.05. The Balaban J connectivity index is 1.73. The summed E-state index contributed by atoms with van der Waals surface area (Å²) in [4.78, 5) is 52.5. The van der Waals surface area contributed by atoms with E-state index in [0.717, 1.165) is 0 Å². The van der Waals surface area contributed by atoms with Crippen LogP contribution in [0.5, 0.6) is 0 Å². The zero-order valence-corrected chi connectivity index (χ0v) is 20.5. The van der Waals surface area contributed by atoms with E-state index in [1.54, 1.807) is 78.0 Å².